The van der Waals surface area contributed by atoms with Crippen LogP contribution >= 0.6 is 23.1 Å². The van der Waals surface area contributed by atoms with Gasteiger partial charge in [-0.15, -0.1) is 11.8 Å². The van der Waals surface area contributed by atoms with Crippen molar-refractivity contribution in [2.45, 2.75) is 16.9 Å². The van der Waals surface area contributed by atoms with Gasteiger partial charge in [0.15, 0.2) is 5.13 Å². The van der Waals surface area contributed by atoms with Gasteiger partial charge in [-0.3, -0.25) is 0 Å². The van der Waals surface area contributed by atoms with Crippen LogP contribution in [0.25, 0.3) is 0 Å². The molecule has 1 aromatic carbocycles. The number of benzene rings is 1. The average molecular weight is 252 g/mol. The third kappa shape index (κ3) is 2.68. The summed E-state index contributed by atoms with van der Waals surface area (Å²) in [7, 11) is 0. The van der Waals surface area contributed by atoms with E-state index >= 15 is 0 Å². The number of nitrogen functional groups attached to an aromatic ring is 1. The van der Waals surface area contributed by atoms with E-state index in [1.165, 1.54) is 11.3 Å². The second kappa shape index (κ2) is 4.76. The molecule has 0 bridgehead atoms. The smallest absolute Gasteiger partial charge is 0.181 e. The Bertz CT molecular complexity index is 496. The zero-order chi connectivity index (χ0) is 11.5. The van der Waals surface area contributed by atoms with Crippen LogP contribution in [-0.4, -0.2) is 10.1 Å². The molecular formula is C11H12N2OS2. The number of anilines is 1. The van der Waals surface area contributed by atoms with Crippen molar-refractivity contribution in [3.63, 3.8) is 0 Å². The van der Waals surface area contributed by atoms with E-state index in [9.17, 15) is 5.11 Å². The molecule has 0 saturated heterocycles. The van der Waals surface area contributed by atoms with Crippen LogP contribution in [0.5, 0.6) is 5.75 Å². The van der Waals surface area contributed by atoms with E-state index in [1.807, 2.05) is 19.1 Å². The van der Waals surface area contributed by atoms with Gasteiger partial charge < -0.3 is 10.8 Å². The largest absolute Gasteiger partial charge is 0.508 e. The van der Waals surface area contributed by atoms with E-state index in [0.717, 1.165) is 21.2 Å². The van der Waals surface area contributed by atoms with Crippen LogP contribution < -0.4 is 5.73 Å². The molecule has 1 aromatic heterocycles. The molecule has 0 spiro atoms. The summed E-state index contributed by atoms with van der Waals surface area (Å²) < 4.78 is 1.14. The van der Waals surface area contributed by atoms with Crippen molar-refractivity contribution in [3.05, 3.63) is 35.5 Å². The number of thiazole rings is 1. The fraction of sp³-hybridized carbons (Fsp3) is 0.182. The summed E-state index contributed by atoms with van der Waals surface area (Å²) in [6.07, 6.45) is 0. The molecule has 0 fully saturated rings. The van der Waals surface area contributed by atoms with Gasteiger partial charge in [-0.05, 0) is 24.6 Å². The van der Waals surface area contributed by atoms with Gasteiger partial charge >= 0.3 is 0 Å². The molecule has 84 valence electrons. The molecule has 0 aliphatic heterocycles. The van der Waals surface area contributed by atoms with Gasteiger partial charge in [0.2, 0.25) is 0 Å². The maximum absolute atomic E-state index is 9.33. The molecule has 0 radical (unpaired) electrons. The molecule has 0 unspecified atom stereocenters. The molecule has 0 atom stereocenters. The van der Waals surface area contributed by atoms with Gasteiger partial charge in [0.05, 0.1) is 9.90 Å². The minimum absolute atomic E-state index is 0.304. The number of nitrogens with two attached hydrogens (primary N) is 1. The highest BCUT2D eigenvalue weighted by Gasteiger charge is 2.06. The van der Waals surface area contributed by atoms with Crippen LogP contribution in [0.4, 0.5) is 5.13 Å². The van der Waals surface area contributed by atoms with Crippen molar-refractivity contribution < 1.29 is 5.11 Å². The third-order valence-electron chi connectivity index (χ3n) is 2.05. The zero-order valence-corrected chi connectivity index (χ0v) is 10.4. The normalized spacial score (nSPS) is 10.6. The minimum atomic E-state index is 0.304. The fourth-order valence-electron chi connectivity index (χ4n) is 1.33. The van der Waals surface area contributed by atoms with E-state index in [0.29, 0.717) is 10.9 Å². The molecular weight excluding hydrogens is 240 g/mol. The van der Waals surface area contributed by atoms with Crippen LogP contribution in [0, 0.1) is 6.92 Å². The molecule has 3 nitrogen and oxygen atoms in total. The third-order valence-corrected chi connectivity index (χ3v) is 4.47. The molecule has 3 N–H and O–H groups in total. The predicted octanol–water partition coefficient (Wildman–Crippen LogP) is 3.03. The number of aromatic hydroxyl groups is 1. The summed E-state index contributed by atoms with van der Waals surface area (Å²) in [5.41, 5.74) is 7.70. The summed E-state index contributed by atoms with van der Waals surface area (Å²) in [5.74, 6) is 1.12. The lowest BCUT2D eigenvalue weighted by Gasteiger charge is -2.00. The molecule has 5 heteroatoms. The molecule has 0 aliphatic rings. The van der Waals surface area contributed by atoms with Crippen LogP contribution in [0.3, 0.4) is 0 Å². The molecule has 2 aromatic rings. The number of phenols is 1. The summed E-state index contributed by atoms with van der Waals surface area (Å²) in [6, 6.07) is 7.28. The molecule has 0 aliphatic carbocycles. The van der Waals surface area contributed by atoms with Crippen molar-refractivity contribution in [3.8, 4) is 5.75 Å². The molecule has 1 heterocycles. The maximum atomic E-state index is 9.33. The quantitative estimate of drug-likeness (QED) is 0.824. The monoisotopic (exact) mass is 252 g/mol. The Kier molecular flexibility index (Phi) is 3.36. The van der Waals surface area contributed by atoms with Crippen molar-refractivity contribution in [1.82, 2.24) is 4.98 Å². The number of aromatic nitrogens is 1. The van der Waals surface area contributed by atoms with Crippen molar-refractivity contribution in [2.75, 3.05) is 5.73 Å². The average Bonchev–Trinajstić information content (AvgIpc) is 2.54. The second-order valence-electron chi connectivity index (χ2n) is 3.38. The van der Waals surface area contributed by atoms with Crippen LogP contribution in [-0.2, 0) is 5.75 Å². The Morgan fingerprint density at radius 2 is 2.31 bits per heavy atom. The van der Waals surface area contributed by atoms with Gasteiger partial charge in [0, 0.05) is 5.75 Å². The van der Waals surface area contributed by atoms with Crippen LogP contribution in [0.1, 0.15) is 11.3 Å². The number of hydrogen-bond acceptors (Lipinski definition) is 5. The Morgan fingerprint density at radius 3 is 2.94 bits per heavy atom. The second-order valence-corrected chi connectivity index (χ2v) is 5.66. The first-order valence-corrected chi connectivity index (χ1v) is 6.59. The van der Waals surface area contributed by atoms with Crippen molar-refractivity contribution >= 4 is 28.2 Å². The maximum Gasteiger partial charge on any atom is 0.181 e. The van der Waals surface area contributed by atoms with Gasteiger partial charge in [0.25, 0.3) is 0 Å². The Morgan fingerprint density at radius 1 is 1.50 bits per heavy atom. The number of aryl methyl sites for hydroxylation is 1. The Labute approximate surface area is 102 Å². The lowest BCUT2D eigenvalue weighted by molar-refractivity contribution is 0.475. The lowest BCUT2D eigenvalue weighted by atomic mass is 10.2. The fourth-order valence-corrected chi connectivity index (χ4v) is 3.30. The standard InChI is InChI=1S/C11H12N2OS2/c1-7-10(16-11(12)13-7)15-6-8-3-2-4-9(14)5-8/h2-5,14H,6H2,1H3,(H2,12,13). The molecule has 0 saturated carbocycles. The number of thioether (sulfide) groups is 1. The van der Waals surface area contributed by atoms with E-state index < -0.39 is 0 Å². The number of rotatable bonds is 3. The van der Waals surface area contributed by atoms with Crippen molar-refractivity contribution in [1.29, 1.82) is 0 Å². The number of hydrogen-bond donors (Lipinski definition) is 2. The van der Waals surface area contributed by atoms with Gasteiger partial charge in [-0.2, -0.15) is 0 Å². The summed E-state index contributed by atoms with van der Waals surface area (Å²) >= 11 is 3.20. The van der Waals surface area contributed by atoms with Gasteiger partial charge in [-0.1, -0.05) is 23.5 Å². The van der Waals surface area contributed by atoms with Gasteiger partial charge in [-0.25, -0.2) is 4.98 Å². The minimum Gasteiger partial charge on any atom is -0.508 e. The molecule has 2 rings (SSSR count). The van der Waals surface area contributed by atoms with Crippen molar-refractivity contribution in [2.24, 2.45) is 0 Å². The predicted molar refractivity (Wildman–Crippen MR) is 68.9 cm³/mol. The van der Waals surface area contributed by atoms with Crippen LogP contribution in [0.15, 0.2) is 28.5 Å². The summed E-state index contributed by atoms with van der Waals surface area (Å²) in [6.45, 7) is 1.96. The number of phenolic OH excluding ortho intramolecular Hbond substituents is 1. The lowest BCUT2D eigenvalue weighted by Crippen LogP contribution is -1.81. The van der Waals surface area contributed by atoms with E-state index in [4.69, 9.17) is 5.73 Å². The SMILES string of the molecule is Cc1nc(N)sc1SCc1cccc(O)c1. The van der Waals surface area contributed by atoms with Gasteiger partial charge in [0.1, 0.15) is 5.75 Å². The molecule has 16 heavy (non-hydrogen) atoms. The topological polar surface area (TPSA) is 59.1 Å². The Balaban J connectivity index is 2.05. The highest BCUT2D eigenvalue weighted by Crippen LogP contribution is 2.33. The first-order valence-electron chi connectivity index (χ1n) is 4.79. The summed E-state index contributed by atoms with van der Waals surface area (Å²) in [5, 5.41) is 9.94. The van der Waals surface area contributed by atoms with E-state index in [-0.39, 0.29) is 0 Å². The zero-order valence-electron chi connectivity index (χ0n) is 8.80. The highest BCUT2D eigenvalue weighted by molar-refractivity contribution is 8.00. The first kappa shape index (κ1) is 11.3. The summed E-state index contributed by atoms with van der Waals surface area (Å²) in [4.78, 5) is 4.17. The molecule has 0 amide bonds. The van der Waals surface area contributed by atoms with Crippen LogP contribution in [0.2, 0.25) is 0 Å². The Hall–Kier alpha value is -1.20. The highest BCUT2D eigenvalue weighted by atomic mass is 32.2. The van der Waals surface area contributed by atoms with E-state index in [1.54, 1.807) is 23.9 Å². The van der Waals surface area contributed by atoms with E-state index in [2.05, 4.69) is 4.98 Å². The number of nitrogens with zero attached hydrogens (tertiary/aromatic N) is 1. The first-order chi connectivity index (χ1) is 7.65.